The second kappa shape index (κ2) is 4.71. The highest BCUT2D eigenvalue weighted by molar-refractivity contribution is 5.31. The normalized spacial score (nSPS) is 12.5. The van der Waals surface area contributed by atoms with E-state index < -0.39 is 0 Å². The average Bonchev–Trinajstić information content (AvgIpc) is 2.16. The first kappa shape index (κ1) is 10.6. The number of aromatic nitrogens is 3. The number of rotatable bonds is 4. The summed E-state index contributed by atoms with van der Waals surface area (Å²) < 4.78 is 0. The summed E-state index contributed by atoms with van der Waals surface area (Å²) in [5.74, 6) is 1.47. The van der Waals surface area contributed by atoms with Gasteiger partial charge in [0.15, 0.2) is 0 Å². The van der Waals surface area contributed by atoms with Gasteiger partial charge in [-0.15, -0.1) is 0 Å². The molecule has 1 aromatic heterocycles. The van der Waals surface area contributed by atoms with E-state index in [2.05, 4.69) is 20.3 Å². The molecular formula is C8H16N6. The highest BCUT2D eigenvalue weighted by Gasteiger charge is 2.09. The molecule has 1 atom stereocenters. The van der Waals surface area contributed by atoms with Gasteiger partial charge >= 0.3 is 0 Å². The minimum absolute atomic E-state index is 0.0951. The Hall–Kier alpha value is -1.43. The van der Waals surface area contributed by atoms with Crippen LogP contribution in [0.4, 0.5) is 11.9 Å². The zero-order valence-corrected chi connectivity index (χ0v) is 8.49. The summed E-state index contributed by atoms with van der Waals surface area (Å²) >= 11 is 0. The number of hydrogen-bond acceptors (Lipinski definition) is 6. The van der Waals surface area contributed by atoms with Crippen LogP contribution in [0, 0.1) is 0 Å². The molecule has 0 bridgehead atoms. The van der Waals surface area contributed by atoms with E-state index in [-0.39, 0.29) is 11.9 Å². The first-order valence-electron chi connectivity index (χ1n) is 4.62. The molecule has 0 saturated carbocycles. The van der Waals surface area contributed by atoms with Crippen molar-refractivity contribution in [2.75, 3.05) is 24.1 Å². The smallest absolute Gasteiger partial charge is 0.227 e. The van der Waals surface area contributed by atoms with Gasteiger partial charge in [0, 0.05) is 19.0 Å². The lowest BCUT2D eigenvalue weighted by molar-refractivity contribution is 0.707. The summed E-state index contributed by atoms with van der Waals surface area (Å²) in [7, 11) is 0. The molecule has 0 aliphatic carbocycles. The van der Waals surface area contributed by atoms with Crippen molar-refractivity contribution in [3.63, 3.8) is 0 Å². The first-order chi connectivity index (χ1) is 6.67. The minimum atomic E-state index is 0.0951. The van der Waals surface area contributed by atoms with E-state index in [1.165, 1.54) is 0 Å². The number of nitrogens with one attached hydrogen (secondary N) is 1. The van der Waals surface area contributed by atoms with Crippen LogP contribution in [0.3, 0.4) is 0 Å². The van der Waals surface area contributed by atoms with Crippen molar-refractivity contribution in [1.29, 1.82) is 0 Å². The standard InChI is InChI=1S/C8H16N6/c1-3-11-8-13-6(5(2)4-9)12-7(10)14-8/h5H,3-4,9H2,1-2H3,(H3,10,11,12,13,14). The lowest BCUT2D eigenvalue weighted by Gasteiger charge is -2.09. The molecule has 0 aliphatic heterocycles. The van der Waals surface area contributed by atoms with Crippen molar-refractivity contribution >= 4 is 11.9 Å². The molecule has 0 aliphatic rings. The molecule has 0 spiro atoms. The van der Waals surface area contributed by atoms with Crippen molar-refractivity contribution in [3.05, 3.63) is 5.82 Å². The van der Waals surface area contributed by atoms with Gasteiger partial charge in [0.05, 0.1) is 0 Å². The molecule has 1 rings (SSSR count). The van der Waals surface area contributed by atoms with Crippen LogP contribution in [0.1, 0.15) is 25.6 Å². The highest BCUT2D eigenvalue weighted by Crippen LogP contribution is 2.11. The van der Waals surface area contributed by atoms with Crippen LogP contribution in [0.5, 0.6) is 0 Å². The molecule has 78 valence electrons. The van der Waals surface area contributed by atoms with E-state index >= 15 is 0 Å². The fourth-order valence-electron chi connectivity index (χ4n) is 0.972. The van der Waals surface area contributed by atoms with E-state index in [1.807, 2.05) is 13.8 Å². The van der Waals surface area contributed by atoms with Crippen LogP contribution in [0.25, 0.3) is 0 Å². The Morgan fingerprint density at radius 1 is 1.36 bits per heavy atom. The third-order valence-electron chi connectivity index (χ3n) is 1.80. The van der Waals surface area contributed by atoms with E-state index in [1.54, 1.807) is 0 Å². The average molecular weight is 196 g/mol. The zero-order chi connectivity index (χ0) is 10.6. The van der Waals surface area contributed by atoms with Gasteiger partial charge in [-0.05, 0) is 6.92 Å². The van der Waals surface area contributed by atoms with Crippen LogP contribution >= 0.6 is 0 Å². The zero-order valence-electron chi connectivity index (χ0n) is 8.49. The molecule has 0 fully saturated rings. The molecule has 6 nitrogen and oxygen atoms in total. The molecule has 1 heterocycles. The predicted octanol–water partition coefficient (Wildman–Crippen LogP) is -0.0522. The Bertz CT molecular complexity index is 300. The van der Waals surface area contributed by atoms with Crippen LogP contribution in [-0.4, -0.2) is 28.0 Å². The monoisotopic (exact) mass is 196 g/mol. The van der Waals surface area contributed by atoms with Crippen molar-refractivity contribution in [2.45, 2.75) is 19.8 Å². The van der Waals surface area contributed by atoms with Crippen LogP contribution in [-0.2, 0) is 0 Å². The van der Waals surface area contributed by atoms with Gasteiger partial charge in [0.2, 0.25) is 11.9 Å². The Morgan fingerprint density at radius 3 is 2.64 bits per heavy atom. The SMILES string of the molecule is CCNc1nc(N)nc(C(C)CN)n1. The minimum Gasteiger partial charge on any atom is -0.368 e. The predicted molar refractivity (Wildman–Crippen MR) is 55.9 cm³/mol. The van der Waals surface area contributed by atoms with Crippen LogP contribution in [0.15, 0.2) is 0 Å². The van der Waals surface area contributed by atoms with Gasteiger partial charge in [-0.1, -0.05) is 6.92 Å². The number of nitrogens with zero attached hydrogens (tertiary/aromatic N) is 3. The first-order valence-corrected chi connectivity index (χ1v) is 4.62. The maximum Gasteiger partial charge on any atom is 0.227 e. The number of nitrogens with two attached hydrogens (primary N) is 2. The Labute approximate surface area is 83.1 Å². The molecule has 0 radical (unpaired) electrons. The van der Waals surface area contributed by atoms with Gasteiger partial charge in [0.25, 0.3) is 0 Å². The maximum absolute atomic E-state index is 5.54. The molecule has 5 N–H and O–H groups in total. The summed E-state index contributed by atoms with van der Waals surface area (Å²) in [6, 6.07) is 0. The summed E-state index contributed by atoms with van der Waals surface area (Å²) in [5.41, 5.74) is 11.1. The van der Waals surface area contributed by atoms with Crippen molar-refractivity contribution in [2.24, 2.45) is 5.73 Å². The van der Waals surface area contributed by atoms with Crippen molar-refractivity contribution < 1.29 is 0 Å². The van der Waals surface area contributed by atoms with Gasteiger partial charge < -0.3 is 16.8 Å². The highest BCUT2D eigenvalue weighted by atomic mass is 15.2. The van der Waals surface area contributed by atoms with E-state index in [0.29, 0.717) is 18.3 Å². The molecule has 1 aromatic rings. The van der Waals surface area contributed by atoms with Gasteiger partial charge in [-0.25, -0.2) is 0 Å². The van der Waals surface area contributed by atoms with Crippen LogP contribution < -0.4 is 16.8 Å². The largest absolute Gasteiger partial charge is 0.368 e. The lowest BCUT2D eigenvalue weighted by atomic mass is 10.2. The summed E-state index contributed by atoms with van der Waals surface area (Å²) in [6.45, 7) is 5.16. The maximum atomic E-state index is 5.54. The number of anilines is 2. The number of nitrogen functional groups attached to an aromatic ring is 1. The molecule has 1 unspecified atom stereocenters. The Morgan fingerprint density at radius 2 is 2.07 bits per heavy atom. The second-order valence-electron chi connectivity index (χ2n) is 3.04. The molecule has 0 aromatic carbocycles. The Balaban J connectivity index is 2.94. The summed E-state index contributed by atoms with van der Waals surface area (Å²) in [6.07, 6.45) is 0. The lowest BCUT2D eigenvalue weighted by Crippen LogP contribution is -2.15. The quantitative estimate of drug-likeness (QED) is 0.623. The topological polar surface area (TPSA) is 103 Å². The molecule has 14 heavy (non-hydrogen) atoms. The van der Waals surface area contributed by atoms with Crippen molar-refractivity contribution in [3.8, 4) is 0 Å². The second-order valence-corrected chi connectivity index (χ2v) is 3.04. The number of hydrogen-bond donors (Lipinski definition) is 3. The third-order valence-corrected chi connectivity index (χ3v) is 1.80. The fourth-order valence-corrected chi connectivity index (χ4v) is 0.972. The summed E-state index contributed by atoms with van der Waals surface area (Å²) in [4.78, 5) is 12.2. The Kier molecular flexibility index (Phi) is 3.58. The molecule has 0 amide bonds. The van der Waals surface area contributed by atoms with Crippen molar-refractivity contribution in [1.82, 2.24) is 15.0 Å². The van der Waals surface area contributed by atoms with Gasteiger partial charge in [-0.2, -0.15) is 15.0 Å². The molecule has 6 heteroatoms. The van der Waals surface area contributed by atoms with E-state index in [4.69, 9.17) is 11.5 Å². The fraction of sp³-hybridized carbons (Fsp3) is 0.625. The molecule has 0 saturated heterocycles. The van der Waals surface area contributed by atoms with Gasteiger partial charge in [0.1, 0.15) is 5.82 Å². The third kappa shape index (κ3) is 2.53. The van der Waals surface area contributed by atoms with Gasteiger partial charge in [-0.3, -0.25) is 0 Å². The summed E-state index contributed by atoms with van der Waals surface area (Å²) in [5, 5.41) is 2.98. The van der Waals surface area contributed by atoms with E-state index in [0.717, 1.165) is 6.54 Å². The molecular weight excluding hydrogens is 180 g/mol. The van der Waals surface area contributed by atoms with Crippen LogP contribution in [0.2, 0.25) is 0 Å². The van der Waals surface area contributed by atoms with E-state index in [9.17, 15) is 0 Å².